The Morgan fingerprint density at radius 1 is 1.38 bits per heavy atom. The first-order chi connectivity index (χ1) is 7.31. The van der Waals surface area contributed by atoms with E-state index in [1.54, 1.807) is 0 Å². The number of unbranched alkanes of at least 4 members (excludes halogenated alkanes) is 1. The molecule has 0 aromatic carbocycles. The summed E-state index contributed by atoms with van der Waals surface area (Å²) in [5.74, 6) is -0.111. The van der Waals surface area contributed by atoms with Gasteiger partial charge in [0.2, 0.25) is 0 Å². The van der Waals surface area contributed by atoms with Gasteiger partial charge in [0.15, 0.2) is 0 Å². The van der Waals surface area contributed by atoms with E-state index in [2.05, 4.69) is 32.6 Å². The molecule has 1 unspecified atom stereocenters. The molecule has 0 amide bonds. The van der Waals surface area contributed by atoms with Gasteiger partial charge in [-0.15, -0.1) is 0 Å². The fourth-order valence-corrected chi connectivity index (χ4v) is 1.91. The van der Waals surface area contributed by atoms with Crippen LogP contribution in [-0.4, -0.2) is 37.6 Å². The van der Waals surface area contributed by atoms with Gasteiger partial charge in [-0.1, -0.05) is 40.5 Å². The van der Waals surface area contributed by atoms with Crippen LogP contribution < -0.4 is 0 Å². The van der Waals surface area contributed by atoms with Crippen LogP contribution in [0.2, 0.25) is 0 Å². The van der Waals surface area contributed by atoms with Crippen molar-refractivity contribution in [2.45, 2.75) is 53.0 Å². The van der Waals surface area contributed by atoms with E-state index < -0.39 is 0 Å². The number of carbonyl (C=O) groups excluding carboxylic acids is 1. The van der Waals surface area contributed by atoms with E-state index in [-0.39, 0.29) is 17.4 Å². The molecule has 0 saturated carbocycles. The molecule has 0 spiro atoms. The molecule has 0 aliphatic heterocycles. The fraction of sp³-hybridized carbons (Fsp3) is 0.923. The SMILES string of the molecule is CCCCC(C(=O)OC)N(C)CC(C)(C)C. The number of carbonyl (C=O) groups is 1. The van der Waals surface area contributed by atoms with Crippen LogP contribution in [0.4, 0.5) is 0 Å². The number of methoxy groups -OCH3 is 1. The fourth-order valence-electron chi connectivity index (χ4n) is 1.91. The first kappa shape index (κ1) is 15.4. The van der Waals surface area contributed by atoms with Crippen LogP contribution in [0.15, 0.2) is 0 Å². The molecular weight excluding hydrogens is 202 g/mol. The number of likely N-dealkylation sites (N-methyl/N-ethyl adjacent to an activating group) is 1. The number of rotatable bonds is 6. The monoisotopic (exact) mass is 229 g/mol. The third kappa shape index (κ3) is 6.11. The van der Waals surface area contributed by atoms with E-state index in [1.165, 1.54) is 7.11 Å². The molecule has 0 N–H and O–H groups in total. The molecule has 0 heterocycles. The Kier molecular flexibility index (Phi) is 6.65. The zero-order valence-electron chi connectivity index (χ0n) is 11.7. The highest BCUT2D eigenvalue weighted by Gasteiger charge is 2.26. The number of esters is 1. The van der Waals surface area contributed by atoms with Crippen molar-refractivity contribution in [1.82, 2.24) is 4.90 Å². The molecule has 0 fully saturated rings. The molecule has 3 heteroatoms. The average molecular weight is 229 g/mol. The Morgan fingerprint density at radius 3 is 2.31 bits per heavy atom. The maximum Gasteiger partial charge on any atom is 0.323 e. The minimum atomic E-state index is -0.111. The van der Waals surface area contributed by atoms with Gasteiger partial charge >= 0.3 is 5.97 Å². The van der Waals surface area contributed by atoms with Crippen LogP contribution in [0.25, 0.3) is 0 Å². The molecule has 0 aromatic heterocycles. The van der Waals surface area contributed by atoms with Gasteiger partial charge in [-0.25, -0.2) is 0 Å². The number of hydrogen-bond acceptors (Lipinski definition) is 3. The lowest BCUT2D eigenvalue weighted by Crippen LogP contribution is -2.43. The van der Waals surface area contributed by atoms with Gasteiger partial charge in [0, 0.05) is 6.54 Å². The second-order valence-electron chi connectivity index (χ2n) is 5.66. The van der Waals surface area contributed by atoms with E-state index in [4.69, 9.17) is 4.74 Å². The molecule has 0 radical (unpaired) electrons. The normalized spacial score (nSPS) is 13.9. The van der Waals surface area contributed by atoms with Gasteiger partial charge in [-0.05, 0) is 18.9 Å². The second-order valence-corrected chi connectivity index (χ2v) is 5.66. The van der Waals surface area contributed by atoms with Gasteiger partial charge in [0.05, 0.1) is 7.11 Å². The zero-order valence-corrected chi connectivity index (χ0v) is 11.7. The topological polar surface area (TPSA) is 29.5 Å². The maximum atomic E-state index is 11.7. The van der Waals surface area contributed by atoms with E-state index in [0.29, 0.717) is 0 Å². The van der Waals surface area contributed by atoms with Crippen molar-refractivity contribution in [3.63, 3.8) is 0 Å². The predicted molar refractivity (Wildman–Crippen MR) is 67.4 cm³/mol. The lowest BCUT2D eigenvalue weighted by atomic mass is 9.95. The molecule has 3 nitrogen and oxygen atoms in total. The zero-order chi connectivity index (χ0) is 12.8. The molecule has 0 saturated heterocycles. The first-order valence-corrected chi connectivity index (χ1v) is 6.10. The lowest BCUT2D eigenvalue weighted by molar-refractivity contribution is -0.147. The van der Waals surface area contributed by atoms with E-state index in [0.717, 1.165) is 25.8 Å². The molecule has 1 atom stereocenters. The third-order valence-electron chi connectivity index (χ3n) is 2.56. The quantitative estimate of drug-likeness (QED) is 0.656. The van der Waals surface area contributed by atoms with Crippen LogP contribution in [-0.2, 0) is 9.53 Å². The number of ether oxygens (including phenoxy) is 1. The van der Waals surface area contributed by atoms with E-state index in [9.17, 15) is 4.79 Å². The third-order valence-corrected chi connectivity index (χ3v) is 2.56. The van der Waals surface area contributed by atoms with Crippen molar-refractivity contribution >= 4 is 5.97 Å². The second kappa shape index (κ2) is 6.89. The lowest BCUT2D eigenvalue weighted by Gasteiger charge is -2.31. The predicted octanol–water partition coefficient (Wildman–Crippen LogP) is 2.70. The highest BCUT2D eigenvalue weighted by Crippen LogP contribution is 2.18. The van der Waals surface area contributed by atoms with Crippen LogP contribution >= 0.6 is 0 Å². The van der Waals surface area contributed by atoms with Crippen molar-refractivity contribution < 1.29 is 9.53 Å². The van der Waals surface area contributed by atoms with Crippen molar-refractivity contribution in [3.05, 3.63) is 0 Å². The van der Waals surface area contributed by atoms with Gasteiger partial charge < -0.3 is 4.74 Å². The Morgan fingerprint density at radius 2 is 1.94 bits per heavy atom. The standard InChI is InChI=1S/C13H27NO2/c1-7-8-9-11(12(15)16-6)14(5)10-13(2,3)4/h11H,7-10H2,1-6H3. The summed E-state index contributed by atoms with van der Waals surface area (Å²) in [4.78, 5) is 13.8. The smallest absolute Gasteiger partial charge is 0.323 e. The number of hydrogen-bond donors (Lipinski definition) is 0. The Balaban J connectivity index is 4.43. The molecule has 0 rings (SSSR count). The molecule has 0 aromatic rings. The van der Waals surface area contributed by atoms with Crippen LogP contribution in [0, 0.1) is 5.41 Å². The minimum absolute atomic E-state index is 0.0934. The van der Waals surface area contributed by atoms with Gasteiger partial charge in [-0.2, -0.15) is 0 Å². The minimum Gasteiger partial charge on any atom is -0.468 e. The summed E-state index contributed by atoms with van der Waals surface area (Å²) in [7, 11) is 3.47. The van der Waals surface area contributed by atoms with Crippen LogP contribution in [0.1, 0.15) is 47.0 Å². The Bertz CT molecular complexity index is 208. The van der Waals surface area contributed by atoms with Crippen LogP contribution in [0.5, 0.6) is 0 Å². The summed E-state index contributed by atoms with van der Waals surface area (Å²) in [5, 5.41) is 0. The van der Waals surface area contributed by atoms with Gasteiger partial charge in [0.25, 0.3) is 0 Å². The first-order valence-electron chi connectivity index (χ1n) is 6.10. The van der Waals surface area contributed by atoms with Crippen molar-refractivity contribution in [1.29, 1.82) is 0 Å². The average Bonchev–Trinajstić information content (AvgIpc) is 2.15. The van der Waals surface area contributed by atoms with Gasteiger partial charge in [-0.3, -0.25) is 9.69 Å². The number of nitrogens with zero attached hydrogens (tertiary/aromatic N) is 1. The highest BCUT2D eigenvalue weighted by atomic mass is 16.5. The summed E-state index contributed by atoms with van der Waals surface area (Å²) >= 11 is 0. The molecule has 0 aliphatic rings. The largest absolute Gasteiger partial charge is 0.468 e. The van der Waals surface area contributed by atoms with Crippen LogP contribution in [0.3, 0.4) is 0 Å². The van der Waals surface area contributed by atoms with E-state index in [1.807, 2.05) is 7.05 Å². The molecule has 0 bridgehead atoms. The summed E-state index contributed by atoms with van der Waals surface area (Å²) in [6.45, 7) is 9.57. The summed E-state index contributed by atoms with van der Waals surface area (Å²) in [5.41, 5.74) is 0.202. The van der Waals surface area contributed by atoms with Crippen molar-refractivity contribution in [2.75, 3.05) is 20.7 Å². The van der Waals surface area contributed by atoms with Crippen molar-refractivity contribution in [3.8, 4) is 0 Å². The summed E-state index contributed by atoms with van der Waals surface area (Å²) in [6, 6.07) is -0.0934. The Hall–Kier alpha value is -0.570. The summed E-state index contributed by atoms with van der Waals surface area (Å²) in [6.07, 6.45) is 3.06. The molecule has 96 valence electrons. The molecule has 0 aliphatic carbocycles. The molecule has 16 heavy (non-hydrogen) atoms. The highest BCUT2D eigenvalue weighted by molar-refractivity contribution is 5.75. The maximum absolute atomic E-state index is 11.7. The van der Waals surface area contributed by atoms with Crippen molar-refractivity contribution in [2.24, 2.45) is 5.41 Å². The summed E-state index contributed by atoms with van der Waals surface area (Å²) < 4.78 is 4.86. The molecular formula is C13H27NO2. The Labute approximate surface area is 100 Å². The van der Waals surface area contributed by atoms with E-state index >= 15 is 0 Å². The van der Waals surface area contributed by atoms with Gasteiger partial charge in [0.1, 0.15) is 6.04 Å².